The van der Waals surface area contributed by atoms with Crippen molar-refractivity contribution in [1.29, 1.82) is 0 Å². The summed E-state index contributed by atoms with van der Waals surface area (Å²) in [4.78, 5) is 14.7. The van der Waals surface area contributed by atoms with Gasteiger partial charge in [-0.2, -0.15) is 4.31 Å². The van der Waals surface area contributed by atoms with E-state index in [1.165, 1.54) is 4.31 Å². The molecule has 2 fully saturated rings. The highest BCUT2D eigenvalue weighted by Crippen LogP contribution is 2.22. The molecule has 2 aliphatic rings. The standard InChI is InChI=1S/C19H29N3O3S.ClH/c1-3-4-16-5-7-18(8-6-16)26(24,25)22-11-9-21(10-12-22)19(23)15(2)17-13-20-14-17;/h5-8,15,17,20H,3-4,9-14H2,1-2H3;1H. The number of aryl methyl sites for hydroxylation is 1. The third kappa shape index (κ3) is 4.83. The van der Waals surface area contributed by atoms with E-state index >= 15 is 0 Å². The van der Waals surface area contributed by atoms with E-state index in [-0.39, 0.29) is 24.2 Å². The van der Waals surface area contributed by atoms with Crippen LogP contribution in [0, 0.1) is 11.8 Å². The fraction of sp³-hybridized carbons (Fsp3) is 0.632. The second kappa shape index (κ2) is 9.37. The van der Waals surface area contributed by atoms with E-state index in [0.29, 0.717) is 37.0 Å². The first-order valence-electron chi connectivity index (χ1n) is 9.52. The van der Waals surface area contributed by atoms with Crippen LogP contribution in [0.3, 0.4) is 0 Å². The van der Waals surface area contributed by atoms with Gasteiger partial charge in [-0.15, -0.1) is 12.4 Å². The first kappa shape index (κ1) is 22.1. The number of carbonyl (C=O) groups is 1. The maximum atomic E-state index is 12.8. The number of rotatable bonds is 6. The highest BCUT2D eigenvalue weighted by Gasteiger charge is 2.35. The van der Waals surface area contributed by atoms with Gasteiger partial charge < -0.3 is 10.2 Å². The monoisotopic (exact) mass is 415 g/mol. The molecule has 8 heteroatoms. The molecule has 2 heterocycles. The van der Waals surface area contributed by atoms with E-state index < -0.39 is 10.0 Å². The van der Waals surface area contributed by atoms with E-state index in [9.17, 15) is 13.2 Å². The summed E-state index contributed by atoms with van der Waals surface area (Å²) in [5.41, 5.74) is 1.15. The van der Waals surface area contributed by atoms with E-state index in [0.717, 1.165) is 31.5 Å². The van der Waals surface area contributed by atoms with Gasteiger partial charge in [0, 0.05) is 32.1 Å². The van der Waals surface area contributed by atoms with Crippen LogP contribution in [0.1, 0.15) is 25.8 Å². The van der Waals surface area contributed by atoms with Crippen molar-refractivity contribution >= 4 is 28.3 Å². The molecule has 1 N–H and O–H groups in total. The van der Waals surface area contributed by atoms with Gasteiger partial charge in [-0.3, -0.25) is 4.79 Å². The Morgan fingerprint density at radius 3 is 2.22 bits per heavy atom. The number of amides is 1. The van der Waals surface area contributed by atoms with Crippen LogP contribution in [0.15, 0.2) is 29.2 Å². The molecule has 1 unspecified atom stereocenters. The molecule has 0 aromatic heterocycles. The summed E-state index contributed by atoms with van der Waals surface area (Å²) in [5, 5.41) is 3.20. The van der Waals surface area contributed by atoms with Crippen LogP contribution < -0.4 is 5.32 Å². The first-order valence-corrected chi connectivity index (χ1v) is 11.0. The van der Waals surface area contributed by atoms with Crippen LogP contribution in [-0.4, -0.2) is 62.8 Å². The topological polar surface area (TPSA) is 69.7 Å². The summed E-state index contributed by atoms with van der Waals surface area (Å²) in [5.74, 6) is 0.564. The van der Waals surface area contributed by atoms with Crippen LogP contribution in [-0.2, 0) is 21.2 Å². The van der Waals surface area contributed by atoms with Gasteiger partial charge in [0.05, 0.1) is 4.90 Å². The largest absolute Gasteiger partial charge is 0.340 e. The molecule has 2 aliphatic heterocycles. The molecule has 3 rings (SSSR count). The van der Waals surface area contributed by atoms with E-state index in [2.05, 4.69) is 12.2 Å². The summed E-state index contributed by atoms with van der Waals surface area (Å²) in [6.45, 7) is 7.54. The normalized spacial score (nSPS) is 19.9. The predicted octanol–water partition coefficient (Wildman–Crippen LogP) is 1.75. The summed E-state index contributed by atoms with van der Waals surface area (Å²) >= 11 is 0. The third-order valence-electron chi connectivity index (χ3n) is 5.56. The molecular formula is C19H30ClN3O3S. The van der Waals surface area contributed by atoms with Crippen molar-refractivity contribution in [3.63, 3.8) is 0 Å². The predicted molar refractivity (Wildman–Crippen MR) is 109 cm³/mol. The van der Waals surface area contributed by atoms with Crippen LogP contribution in [0.25, 0.3) is 0 Å². The van der Waals surface area contributed by atoms with E-state index in [1.807, 2.05) is 24.0 Å². The molecule has 152 valence electrons. The molecule has 0 bridgehead atoms. The second-order valence-corrected chi connectivity index (χ2v) is 9.27. The summed E-state index contributed by atoms with van der Waals surface area (Å²) < 4.78 is 27.2. The number of hydrogen-bond acceptors (Lipinski definition) is 4. The molecular weight excluding hydrogens is 386 g/mol. The van der Waals surface area contributed by atoms with Crippen molar-refractivity contribution in [1.82, 2.24) is 14.5 Å². The molecule has 0 aliphatic carbocycles. The second-order valence-electron chi connectivity index (χ2n) is 7.33. The molecule has 1 aromatic rings. The van der Waals surface area contributed by atoms with Gasteiger partial charge >= 0.3 is 0 Å². The lowest BCUT2D eigenvalue weighted by atomic mass is 9.88. The van der Waals surface area contributed by atoms with Gasteiger partial charge in [-0.25, -0.2) is 8.42 Å². The van der Waals surface area contributed by atoms with Crippen molar-refractivity contribution in [3.8, 4) is 0 Å². The quantitative estimate of drug-likeness (QED) is 0.768. The number of benzene rings is 1. The van der Waals surface area contributed by atoms with Crippen molar-refractivity contribution in [2.24, 2.45) is 11.8 Å². The Morgan fingerprint density at radius 1 is 1.15 bits per heavy atom. The smallest absolute Gasteiger partial charge is 0.243 e. The molecule has 1 aromatic carbocycles. The van der Waals surface area contributed by atoms with Gasteiger partial charge in [0.2, 0.25) is 15.9 Å². The molecule has 1 amide bonds. The number of hydrogen-bond donors (Lipinski definition) is 1. The Morgan fingerprint density at radius 2 is 1.74 bits per heavy atom. The zero-order valence-corrected chi connectivity index (χ0v) is 17.7. The maximum absolute atomic E-state index is 12.8. The molecule has 27 heavy (non-hydrogen) atoms. The Labute approximate surface area is 168 Å². The number of nitrogens with zero attached hydrogens (tertiary/aromatic N) is 2. The van der Waals surface area contributed by atoms with Gasteiger partial charge in [0.1, 0.15) is 0 Å². The summed E-state index contributed by atoms with van der Waals surface area (Å²) in [6.07, 6.45) is 1.99. The van der Waals surface area contributed by atoms with Crippen LogP contribution >= 0.6 is 12.4 Å². The lowest BCUT2D eigenvalue weighted by Gasteiger charge is -2.38. The highest BCUT2D eigenvalue weighted by atomic mass is 35.5. The average molecular weight is 416 g/mol. The minimum atomic E-state index is -3.49. The first-order chi connectivity index (χ1) is 12.4. The van der Waals surface area contributed by atoms with Crippen LogP contribution in [0.5, 0.6) is 0 Å². The molecule has 6 nitrogen and oxygen atoms in total. The van der Waals surface area contributed by atoms with Gasteiger partial charge in [0.15, 0.2) is 0 Å². The molecule has 0 saturated carbocycles. The number of halogens is 1. The van der Waals surface area contributed by atoms with Gasteiger partial charge in [0.25, 0.3) is 0 Å². The fourth-order valence-electron chi connectivity index (χ4n) is 3.57. The SMILES string of the molecule is CCCc1ccc(S(=O)(=O)N2CCN(C(=O)C(C)C3CNC3)CC2)cc1.Cl. The summed E-state index contributed by atoms with van der Waals surface area (Å²) in [7, 11) is -3.49. The Balaban J connectivity index is 0.00000261. The third-order valence-corrected chi connectivity index (χ3v) is 7.47. The minimum Gasteiger partial charge on any atom is -0.340 e. The zero-order valence-electron chi connectivity index (χ0n) is 16.1. The number of nitrogens with one attached hydrogen (secondary N) is 1. The maximum Gasteiger partial charge on any atom is 0.243 e. The Kier molecular flexibility index (Phi) is 7.68. The molecule has 2 saturated heterocycles. The molecule has 1 atom stereocenters. The number of sulfonamides is 1. The Bertz CT molecular complexity index is 727. The minimum absolute atomic E-state index is 0. The summed E-state index contributed by atoms with van der Waals surface area (Å²) in [6, 6.07) is 7.18. The van der Waals surface area contributed by atoms with E-state index in [1.54, 1.807) is 12.1 Å². The van der Waals surface area contributed by atoms with Crippen molar-refractivity contribution in [2.75, 3.05) is 39.3 Å². The lowest BCUT2D eigenvalue weighted by Crippen LogP contribution is -2.55. The number of carbonyl (C=O) groups excluding carboxylic acids is 1. The molecule has 0 radical (unpaired) electrons. The van der Waals surface area contributed by atoms with Gasteiger partial charge in [-0.1, -0.05) is 32.4 Å². The van der Waals surface area contributed by atoms with Crippen molar-refractivity contribution < 1.29 is 13.2 Å². The average Bonchev–Trinajstić information content (AvgIpc) is 2.60. The zero-order chi connectivity index (χ0) is 18.7. The Hall–Kier alpha value is -1.15. The van der Waals surface area contributed by atoms with Crippen LogP contribution in [0.4, 0.5) is 0 Å². The van der Waals surface area contributed by atoms with Crippen molar-refractivity contribution in [2.45, 2.75) is 31.6 Å². The van der Waals surface area contributed by atoms with Crippen LogP contribution in [0.2, 0.25) is 0 Å². The highest BCUT2D eigenvalue weighted by molar-refractivity contribution is 7.89. The van der Waals surface area contributed by atoms with E-state index in [4.69, 9.17) is 0 Å². The van der Waals surface area contributed by atoms with Crippen molar-refractivity contribution in [3.05, 3.63) is 29.8 Å². The fourth-order valence-corrected chi connectivity index (χ4v) is 4.99. The van der Waals surface area contributed by atoms with Gasteiger partial charge in [-0.05, 0) is 43.1 Å². The molecule has 0 spiro atoms. The number of piperazine rings is 1. The lowest BCUT2D eigenvalue weighted by molar-refractivity contribution is -0.138.